The highest BCUT2D eigenvalue weighted by atomic mass is 16.4. The van der Waals surface area contributed by atoms with Crippen LogP contribution in [0.15, 0.2) is 16.5 Å². The SMILES string of the molecule is CCC(CC)(C(=O)O)N(C)Cc1ccc(C)o1. The molecular formula is C13H21NO3. The van der Waals surface area contributed by atoms with Crippen LogP contribution in [0.4, 0.5) is 0 Å². The Bertz CT molecular complexity index is 380. The topological polar surface area (TPSA) is 53.7 Å². The number of nitrogens with zero attached hydrogens (tertiary/aromatic N) is 1. The summed E-state index contributed by atoms with van der Waals surface area (Å²) < 4.78 is 5.48. The molecule has 0 spiro atoms. The molecule has 1 heterocycles. The van der Waals surface area contributed by atoms with E-state index in [0.29, 0.717) is 19.4 Å². The van der Waals surface area contributed by atoms with Crippen molar-refractivity contribution in [2.75, 3.05) is 7.05 Å². The van der Waals surface area contributed by atoms with Gasteiger partial charge in [-0.3, -0.25) is 9.69 Å². The fourth-order valence-corrected chi connectivity index (χ4v) is 2.21. The molecule has 1 aromatic rings. The van der Waals surface area contributed by atoms with Crippen molar-refractivity contribution in [1.29, 1.82) is 0 Å². The number of aryl methyl sites for hydroxylation is 1. The first-order valence-electron chi connectivity index (χ1n) is 5.96. The molecule has 0 radical (unpaired) electrons. The molecule has 0 aromatic carbocycles. The van der Waals surface area contributed by atoms with Gasteiger partial charge in [-0.05, 0) is 38.9 Å². The first-order valence-corrected chi connectivity index (χ1v) is 5.96. The van der Waals surface area contributed by atoms with Crippen molar-refractivity contribution in [3.8, 4) is 0 Å². The van der Waals surface area contributed by atoms with Crippen LogP contribution in [0.5, 0.6) is 0 Å². The van der Waals surface area contributed by atoms with E-state index < -0.39 is 11.5 Å². The second-order valence-corrected chi connectivity index (χ2v) is 4.41. The lowest BCUT2D eigenvalue weighted by atomic mass is 9.91. The average Bonchev–Trinajstić information content (AvgIpc) is 2.66. The van der Waals surface area contributed by atoms with Crippen molar-refractivity contribution in [3.05, 3.63) is 23.7 Å². The Hall–Kier alpha value is -1.29. The molecule has 0 atom stereocenters. The molecule has 0 unspecified atom stereocenters. The van der Waals surface area contributed by atoms with Gasteiger partial charge in [-0.25, -0.2) is 0 Å². The molecule has 0 bridgehead atoms. The minimum atomic E-state index is -0.805. The van der Waals surface area contributed by atoms with Gasteiger partial charge in [0.05, 0.1) is 6.54 Å². The summed E-state index contributed by atoms with van der Waals surface area (Å²) in [5, 5.41) is 9.41. The standard InChI is InChI=1S/C13H21NO3/c1-5-13(6-2,12(15)16)14(4)9-11-8-7-10(3)17-11/h7-8H,5-6,9H2,1-4H3,(H,15,16). The summed E-state index contributed by atoms with van der Waals surface area (Å²) in [5.41, 5.74) is -0.805. The number of furan rings is 1. The molecular weight excluding hydrogens is 218 g/mol. The van der Waals surface area contributed by atoms with Gasteiger partial charge in [0.1, 0.15) is 17.1 Å². The fraction of sp³-hybridized carbons (Fsp3) is 0.615. The third-order valence-corrected chi connectivity index (χ3v) is 3.49. The van der Waals surface area contributed by atoms with Crippen LogP contribution in [-0.4, -0.2) is 28.6 Å². The monoisotopic (exact) mass is 239 g/mol. The van der Waals surface area contributed by atoms with Crippen LogP contribution in [0.1, 0.15) is 38.2 Å². The third kappa shape index (κ3) is 2.69. The zero-order chi connectivity index (χ0) is 13.1. The number of carboxylic acid groups (broad SMARTS) is 1. The Morgan fingerprint density at radius 1 is 1.41 bits per heavy atom. The third-order valence-electron chi connectivity index (χ3n) is 3.49. The number of hydrogen-bond donors (Lipinski definition) is 1. The molecule has 0 aliphatic rings. The van der Waals surface area contributed by atoms with Crippen LogP contribution >= 0.6 is 0 Å². The molecule has 1 rings (SSSR count). The van der Waals surface area contributed by atoms with Gasteiger partial charge in [0.2, 0.25) is 0 Å². The summed E-state index contributed by atoms with van der Waals surface area (Å²) >= 11 is 0. The molecule has 17 heavy (non-hydrogen) atoms. The first kappa shape index (κ1) is 13.8. The maximum atomic E-state index is 11.4. The summed E-state index contributed by atoms with van der Waals surface area (Å²) in [7, 11) is 1.83. The molecule has 0 amide bonds. The van der Waals surface area contributed by atoms with Gasteiger partial charge in [0, 0.05) is 0 Å². The van der Waals surface area contributed by atoms with Gasteiger partial charge in [0.25, 0.3) is 0 Å². The highest BCUT2D eigenvalue weighted by Gasteiger charge is 2.39. The Morgan fingerprint density at radius 3 is 2.35 bits per heavy atom. The zero-order valence-corrected chi connectivity index (χ0v) is 11.0. The van der Waals surface area contributed by atoms with E-state index in [4.69, 9.17) is 4.42 Å². The molecule has 1 aromatic heterocycles. The molecule has 0 fully saturated rings. The Kier molecular flexibility index (Phi) is 4.34. The smallest absolute Gasteiger partial charge is 0.324 e. The van der Waals surface area contributed by atoms with Crippen LogP contribution in [0.25, 0.3) is 0 Å². The van der Waals surface area contributed by atoms with Crippen molar-refractivity contribution >= 4 is 5.97 Å². The number of aliphatic carboxylic acids is 1. The van der Waals surface area contributed by atoms with Gasteiger partial charge in [0.15, 0.2) is 0 Å². The summed E-state index contributed by atoms with van der Waals surface area (Å²) in [6.07, 6.45) is 1.16. The van der Waals surface area contributed by atoms with Crippen LogP contribution < -0.4 is 0 Å². The van der Waals surface area contributed by atoms with Gasteiger partial charge < -0.3 is 9.52 Å². The summed E-state index contributed by atoms with van der Waals surface area (Å²) in [4.78, 5) is 13.3. The van der Waals surface area contributed by atoms with E-state index in [0.717, 1.165) is 11.5 Å². The van der Waals surface area contributed by atoms with Gasteiger partial charge in [-0.1, -0.05) is 13.8 Å². The average molecular weight is 239 g/mol. The predicted octanol–water partition coefficient (Wildman–Crippen LogP) is 2.66. The predicted molar refractivity (Wildman–Crippen MR) is 65.9 cm³/mol. The first-order chi connectivity index (χ1) is 7.96. The van der Waals surface area contributed by atoms with Crippen molar-refractivity contribution < 1.29 is 14.3 Å². The van der Waals surface area contributed by atoms with Gasteiger partial charge in [-0.15, -0.1) is 0 Å². The molecule has 96 valence electrons. The second kappa shape index (κ2) is 5.36. The number of carboxylic acids is 1. The lowest BCUT2D eigenvalue weighted by Gasteiger charge is -2.36. The second-order valence-electron chi connectivity index (χ2n) is 4.41. The zero-order valence-electron chi connectivity index (χ0n) is 11.0. The van der Waals surface area contributed by atoms with Crippen LogP contribution in [0.2, 0.25) is 0 Å². The summed E-state index contributed by atoms with van der Waals surface area (Å²) in [6, 6.07) is 3.78. The maximum absolute atomic E-state index is 11.4. The molecule has 0 aliphatic heterocycles. The van der Waals surface area contributed by atoms with Gasteiger partial charge in [-0.2, -0.15) is 0 Å². The highest BCUT2D eigenvalue weighted by molar-refractivity contribution is 5.78. The van der Waals surface area contributed by atoms with E-state index in [1.54, 1.807) is 0 Å². The molecule has 1 N–H and O–H groups in total. The lowest BCUT2D eigenvalue weighted by Crippen LogP contribution is -2.51. The van der Waals surface area contributed by atoms with Crippen molar-refractivity contribution in [2.24, 2.45) is 0 Å². The number of carbonyl (C=O) groups is 1. The largest absolute Gasteiger partial charge is 0.480 e. The summed E-state index contributed by atoms with van der Waals surface area (Å²) in [5.74, 6) is 0.883. The van der Waals surface area contributed by atoms with E-state index in [9.17, 15) is 9.90 Å². The maximum Gasteiger partial charge on any atom is 0.324 e. The minimum Gasteiger partial charge on any atom is -0.480 e. The van der Waals surface area contributed by atoms with Crippen molar-refractivity contribution in [3.63, 3.8) is 0 Å². The highest BCUT2D eigenvalue weighted by Crippen LogP contribution is 2.25. The number of hydrogen-bond acceptors (Lipinski definition) is 3. The lowest BCUT2D eigenvalue weighted by molar-refractivity contribution is -0.152. The minimum absolute atomic E-state index is 0.516. The Labute approximate surface area is 102 Å². The van der Waals surface area contributed by atoms with E-state index in [-0.39, 0.29) is 0 Å². The van der Waals surface area contributed by atoms with E-state index in [1.807, 2.05) is 44.9 Å². The molecule has 0 aliphatic carbocycles. The Balaban J connectivity index is 2.85. The number of rotatable bonds is 6. The van der Waals surface area contributed by atoms with E-state index in [1.165, 1.54) is 0 Å². The summed E-state index contributed by atoms with van der Waals surface area (Å²) in [6.45, 7) is 6.21. The molecule has 4 heteroatoms. The molecule has 0 saturated heterocycles. The van der Waals surface area contributed by atoms with Crippen LogP contribution in [0, 0.1) is 6.92 Å². The van der Waals surface area contributed by atoms with Crippen molar-refractivity contribution in [2.45, 2.75) is 45.7 Å². The van der Waals surface area contributed by atoms with Crippen LogP contribution in [0.3, 0.4) is 0 Å². The Morgan fingerprint density at radius 2 is 2.00 bits per heavy atom. The van der Waals surface area contributed by atoms with Crippen LogP contribution in [-0.2, 0) is 11.3 Å². The van der Waals surface area contributed by atoms with Gasteiger partial charge >= 0.3 is 5.97 Å². The van der Waals surface area contributed by atoms with E-state index >= 15 is 0 Å². The molecule has 4 nitrogen and oxygen atoms in total. The molecule has 0 saturated carbocycles. The quantitative estimate of drug-likeness (QED) is 0.829. The normalized spacial score (nSPS) is 12.1. The fourth-order valence-electron chi connectivity index (χ4n) is 2.21. The van der Waals surface area contributed by atoms with Crippen molar-refractivity contribution in [1.82, 2.24) is 4.90 Å². The number of likely N-dealkylation sites (N-methyl/N-ethyl adjacent to an activating group) is 1. The van der Waals surface area contributed by atoms with E-state index in [2.05, 4.69) is 0 Å².